The third-order valence-electron chi connectivity index (χ3n) is 3.73. The predicted molar refractivity (Wildman–Crippen MR) is 95.1 cm³/mol. The SMILES string of the molecule is CNC(=CCI)CCCC(CCCC(C)NC)NC. The maximum atomic E-state index is 3.46. The van der Waals surface area contributed by atoms with Crippen LogP contribution >= 0.6 is 22.6 Å². The number of nitrogens with one attached hydrogen (secondary N) is 3. The van der Waals surface area contributed by atoms with Crippen LogP contribution in [-0.4, -0.2) is 37.7 Å². The van der Waals surface area contributed by atoms with E-state index in [1.807, 2.05) is 14.1 Å². The minimum absolute atomic E-state index is 0.639. The van der Waals surface area contributed by atoms with E-state index in [0.717, 1.165) is 4.43 Å². The molecule has 19 heavy (non-hydrogen) atoms. The summed E-state index contributed by atoms with van der Waals surface area (Å²) in [4.78, 5) is 0. The average Bonchev–Trinajstić information content (AvgIpc) is 2.44. The molecule has 0 fully saturated rings. The quantitative estimate of drug-likeness (QED) is 0.359. The van der Waals surface area contributed by atoms with Crippen molar-refractivity contribution in [2.24, 2.45) is 0 Å². The minimum atomic E-state index is 0.639. The number of allylic oxidation sites excluding steroid dienone is 2. The van der Waals surface area contributed by atoms with Gasteiger partial charge in [-0.05, 0) is 53.1 Å². The second-order valence-electron chi connectivity index (χ2n) is 5.13. The van der Waals surface area contributed by atoms with E-state index in [0.29, 0.717) is 12.1 Å². The first-order valence-electron chi connectivity index (χ1n) is 7.45. The topological polar surface area (TPSA) is 36.1 Å². The number of halogens is 1. The van der Waals surface area contributed by atoms with Gasteiger partial charge in [-0.15, -0.1) is 0 Å². The van der Waals surface area contributed by atoms with Crippen molar-refractivity contribution in [2.75, 3.05) is 25.6 Å². The van der Waals surface area contributed by atoms with Crippen LogP contribution in [0.3, 0.4) is 0 Å². The molecular formula is C15H32IN3. The molecule has 114 valence electrons. The van der Waals surface area contributed by atoms with Crippen LogP contribution in [-0.2, 0) is 0 Å². The van der Waals surface area contributed by atoms with Gasteiger partial charge in [0.2, 0.25) is 0 Å². The lowest BCUT2D eigenvalue weighted by atomic mass is 10.0. The Balaban J connectivity index is 3.78. The Kier molecular flexibility index (Phi) is 13.3. The normalized spacial score (nSPS) is 15.3. The molecule has 0 aliphatic rings. The highest BCUT2D eigenvalue weighted by Crippen LogP contribution is 2.12. The fourth-order valence-corrected chi connectivity index (χ4v) is 2.74. The molecule has 0 saturated heterocycles. The molecule has 0 radical (unpaired) electrons. The number of hydrogen-bond acceptors (Lipinski definition) is 3. The zero-order valence-corrected chi connectivity index (χ0v) is 15.2. The lowest BCUT2D eigenvalue weighted by Gasteiger charge is -2.18. The van der Waals surface area contributed by atoms with E-state index < -0.39 is 0 Å². The van der Waals surface area contributed by atoms with Crippen molar-refractivity contribution < 1.29 is 0 Å². The number of hydrogen-bond donors (Lipinski definition) is 3. The van der Waals surface area contributed by atoms with Gasteiger partial charge in [-0.25, -0.2) is 0 Å². The summed E-state index contributed by atoms with van der Waals surface area (Å²) in [7, 11) is 6.15. The fraction of sp³-hybridized carbons (Fsp3) is 0.867. The summed E-state index contributed by atoms with van der Waals surface area (Å²) in [6.45, 7) is 2.25. The van der Waals surface area contributed by atoms with Gasteiger partial charge in [0.05, 0.1) is 0 Å². The standard InChI is InChI=1S/C15H32IN3/c1-13(17-2)7-5-8-14(18-3)9-6-10-15(19-4)11-12-16/h11,13-14,17-19H,5-10,12H2,1-4H3. The first kappa shape index (κ1) is 19.2. The van der Waals surface area contributed by atoms with E-state index in [-0.39, 0.29) is 0 Å². The van der Waals surface area contributed by atoms with Crippen LogP contribution in [0.25, 0.3) is 0 Å². The highest BCUT2D eigenvalue weighted by atomic mass is 127. The van der Waals surface area contributed by atoms with Gasteiger partial charge in [0.15, 0.2) is 0 Å². The van der Waals surface area contributed by atoms with Crippen LogP contribution in [0, 0.1) is 0 Å². The van der Waals surface area contributed by atoms with Gasteiger partial charge in [-0.3, -0.25) is 0 Å². The van der Waals surface area contributed by atoms with Crippen molar-refractivity contribution >= 4 is 22.6 Å². The Hall–Kier alpha value is 0.190. The van der Waals surface area contributed by atoms with Crippen LogP contribution in [0.4, 0.5) is 0 Å². The molecule has 0 saturated carbocycles. The molecule has 0 rings (SSSR count). The summed E-state index contributed by atoms with van der Waals surface area (Å²) >= 11 is 2.39. The Morgan fingerprint density at radius 1 is 1.05 bits per heavy atom. The molecule has 0 aromatic carbocycles. The highest BCUT2D eigenvalue weighted by molar-refractivity contribution is 14.1. The Morgan fingerprint density at radius 2 is 1.74 bits per heavy atom. The van der Waals surface area contributed by atoms with Crippen LogP contribution in [0.5, 0.6) is 0 Å². The largest absolute Gasteiger partial charge is 0.392 e. The van der Waals surface area contributed by atoms with E-state index in [2.05, 4.69) is 58.6 Å². The molecule has 3 nitrogen and oxygen atoms in total. The first-order valence-corrected chi connectivity index (χ1v) is 8.97. The summed E-state index contributed by atoms with van der Waals surface area (Å²) in [6, 6.07) is 1.31. The van der Waals surface area contributed by atoms with E-state index in [1.54, 1.807) is 0 Å². The van der Waals surface area contributed by atoms with E-state index in [4.69, 9.17) is 0 Å². The smallest absolute Gasteiger partial charge is 0.0195 e. The van der Waals surface area contributed by atoms with Crippen molar-refractivity contribution in [3.63, 3.8) is 0 Å². The molecule has 2 unspecified atom stereocenters. The molecule has 0 aromatic heterocycles. The number of alkyl halides is 1. The van der Waals surface area contributed by atoms with Crippen molar-refractivity contribution in [3.8, 4) is 0 Å². The van der Waals surface area contributed by atoms with Crippen molar-refractivity contribution in [1.82, 2.24) is 16.0 Å². The van der Waals surface area contributed by atoms with Crippen molar-refractivity contribution in [3.05, 3.63) is 11.8 Å². The molecule has 0 aliphatic carbocycles. The lowest BCUT2D eigenvalue weighted by Crippen LogP contribution is -2.26. The van der Waals surface area contributed by atoms with E-state index in [9.17, 15) is 0 Å². The van der Waals surface area contributed by atoms with Crippen molar-refractivity contribution in [2.45, 2.75) is 57.5 Å². The van der Waals surface area contributed by atoms with Gasteiger partial charge >= 0.3 is 0 Å². The lowest BCUT2D eigenvalue weighted by molar-refractivity contribution is 0.432. The molecule has 4 heteroatoms. The van der Waals surface area contributed by atoms with Crippen LogP contribution in [0.1, 0.15) is 45.4 Å². The maximum absolute atomic E-state index is 3.46. The summed E-state index contributed by atoms with van der Waals surface area (Å²) in [6.07, 6.45) is 9.84. The number of rotatable bonds is 12. The molecule has 0 aliphatic heterocycles. The van der Waals surface area contributed by atoms with E-state index in [1.165, 1.54) is 44.2 Å². The molecule has 0 spiro atoms. The Morgan fingerprint density at radius 3 is 2.26 bits per heavy atom. The van der Waals surface area contributed by atoms with Crippen LogP contribution in [0.2, 0.25) is 0 Å². The minimum Gasteiger partial charge on any atom is -0.392 e. The molecular weight excluding hydrogens is 349 g/mol. The zero-order valence-electron chi connectivity index (χ0n) is 13.1. The zero-order chi connectivity index (χ0) is 14.5. The third-order valence-corrected chi connectivity index (χ3v) is 4.17. The monoisotopic (exact) mass is 381 g/mol. The van der Waals surface area contributed by atoms with Gasteiger partial charge in [0, 0.05) is 29.3 Å². The first-order chi connectivity index (χ1) is 9.17. The molecule has 0 amide bonds. The Bertz CT molecular complexity index is 231. The van der Waals surface area contributed by atoms with Crippen molar-refractivity contribution in [1.29, 1.82) is 0 Å². The average molecular weight is 381 g/mol. The van der Waals surface area contributed by atoms with E-state index >= 15 is 0 Å². The highest BCUT2D eigenvalue weighted by Gasteiger charge is 2.07. The molecule has 0 aromatic rings. The Labute approximate surface area is 133 Å². The molecule has 0 heterocycles. The van der Waals surface area contributed by atoms with Gasteiger partial charge < -0.3 is 16.0 Å². The molecule has 2 atom stereocenters. The second kappa shape index (κ2) is 13.2. The van der Waals surface area contributed by atoms with Gasteiger partial charge in [0.25, 0.3) is 0 Å². The summed E-state index contributed by atoms with van der Waals surface area (Å²) in [5.74, 6) is 0. The third kappa shape index (κ3) is 10.6. The van der Waals surface area contributed by atoms with Gasteiger partial charge in [-0.2, -0.15) is 0 Å². The predicted octanol–water partition coefficient (Wildman–Crippen LogP) is 3.06. The fourth-order valence-electron chi connectivity index (χ4n) is 2.21. The van der Waals surface area contributed by atoms with Crippen LogP contribution < -0.4 is 16.0 Å². The second-order valence-corrected chi connectivity index (χ2v) is 6.01. The summed E-state index contributed by atoms with van der Waals surface area (Å²) in [5.41, 5.74) is 1.38. The van der Waals surface area contributed by atoms with Gasteiger partial charge in [0.1, 0.15) is 0 Å². The molecule has 0 bridgehead atoms. The maximum Gasteiger partial charge on any atom is 0.0195 e. The van der Waals surface area contributed by atoms with Crippen LogP contribution in [0.15, 0.2) is 11.8 Å². The summed E-state index contributed by atoms with van der Waals surface area (Å²) < 4.78 is 1.09. The summed E-state index contributed by atoms with van der Waals surface area (Å²) in [5, 5.41) is 10.0. The van der Waals surface area contributed by atoms with Gasteiger partial charge in [-0.1, -0.05) is 35.1 Å². The molecule has 3 N–H and O–H groups in total.